The molecule has 2 aliphatic heterocycles. The van der Waals surface area contributed by atoms with Crippen LogP contribution < -0.4 is 9.64 Å². The van der Waals surface area contributed by atoms with E-state index in [0.29, 0.717) is 24.1 Å². The number of ether oxygens (including phenoxy) is 3. The van der Waals surface area contributed by atoms with Gasteiger partial charge in [0.2, 0.25) is 11.8 Å². The van der Waals surface area contributed by atoms with E-state index in [4.69, 9.17) is 23.7 Å². The van der Waals surface area contributed by atoms with Gasteiger partial charge in [-0.1, -0.05) is 23.5 Å². The molecule has 0 N–H and O–H groups in total. The SMILES string of the molecule is CC(C)c1noc(C2CCN(c3cc(Oc4ccc(-c5csnn5)cc4)nc(C4COCO4)n3)CC2)n1. The maximum absolute atomic E-state index is 6.16. The molecule has 1 unspecified atom stereocenters. The van der Waals surface area contributed by atoms with Crippen LogP contribution in [0.15, 0.2) is 40.2 Å². The van der Waals surface area contributed by atoms with E-state index in [9.17, 15) is 0 Å². The Hall–Kier alpha value is -3.48. The number of rotatable bonds is 7. The average molecular weight is 522 g/mol. The Labute approximate surface area is 218 Å². The van der Waals surface area contributed by atoms with Gasteiger partial charge in [0, 0.05) is 41.9 Å². The predicted molar refractivity (Wildman–Crippen MR) is 135 cm³/mol. The zero-order valence-corrected chi connectivity index (χ0v) is 21.4. The molecule has 4 aromatic rings. The Morgan fingerprint density at radius 1 is 1.08 bits per heavy atom. The summed E-state index contributed by atoms with van der Waals surface area (Å²) < 4.78 is 26.7. The molecule has 37 heavy (non-hydrogen) atoms. The van der Waals surface area contributed by atoms with Gasteiger partial charge in [0.25, 0.3) is 0 Å². The van der Waals surface area contributed by atoms with Crippen LogP contribution in [0.4, 0.5) is 5.82 Å². The fourth-order valence-electron chi connectivity index (χ4n) is 4.38. The summed E-state index contributed by atoms with van der Waals surface area (Å²) in [4.78, 5) is 16.3. The van der Waals surface area contributed by atoms with E-state index in [1.54, 1.807) is 0 Å². The predicted octanol–water partition coefficient (Wildman–Crippen LogP) is 4.72. The zero-order valence-electron chi connectivity index (χ0n) is 20.6. The molecule has 12 heteroatoms. The van der Waals surface area contributed by atoms with Crippen molar-refractivity contribution in [3.63, 3.8) is 0 Å². The van der Waals surface area contributed by atoms with Gasteiger partial charge >= 0.3 is 0 Å². The van der Waals surface area contributed by atoms with Crippen LogP contribution in [0.3, 0.4) is 0 Å². The number of benzene rings is 1. The van der Waals surface area contributed by atoms with Crippen LogP contribution in [-0.2, 0) is 9.47 Å². The second-order valence-corrected chi connectivity index (χ2v) is 10.00. The summed E-state index contributed by atoms with van der Waals surface area (Å²) >= 11 is 1.32. The van der Waals surface area contributed by atoms with Crippen molar-refractivity contribution in [2.24, 2.45) is 0 Å². The average Bonchev–Trinajstić information content (AvgIpc) is 3.72. The van der Waals surface area contributed by atoms with Crippen molar-refractivity contribution in [2.75, 3.05) is 31.4 Å². The lowest BCUT2D eigenvalue weighted by Gasteiger charge is -2.31. The third-order valence-corrected chi connectivity index (χ3v) is 7.00. The summed E-state index contributed by atoms with van der Waals surface area (Å²) in [7, 11) is 0. The van der Waals surface area contributed by atoms with Gasteiger partial charge in [0.1, 0.15) is 30.2 Å². The summed E-state index contributed by atoms with van der Waals surface area (Å²) in [6.07, 6.45) is 1.46. The number of anilines is 1. The number of aromatic nitrogens is 6. The highest BCUT2D eigenvalue weighted by Crippen LogP contribution is 2.33. The lowest BCUT2D eigenvalue weighted by Crippen LogP contribution is -2.34. The maximum Gasteiger partial charge on any atom is 0.229 e. The zero-order chi connectivity index (χ0) is 25.2. The van der Waals surface area contributed by atoms with Crippen LogP contribution in [-0.4, -0.2) is 56.2 Å². The quantitative estimate of drug-likeness (QED) is 0.336. The molecule has 0 spiro atoms. The molecule has 1 aromatic carbocycles. The molecular weight excluding hydrogens is 494 g/mol. The molecule has 0 bridgehead atoms. The molecule has 2 aliphatic rings. The van der Waals surface area contributed by atoms with E-state index in [-0.39, 0.29) is 24.7 Å². The summed E-state index contributed by atoms with van der Waals surface area (Å²) in [5, 5.41) is 10.2. The van der Waals surface area contributed by atoms with Crippen molar-refractivity contribution >= 4 is 17.4 Å². The molecule has 0 aliphatic carbocycles. The van der Waals surface area contributed by atoms with Crippen molar-refractivity contribution in [3.05, 3.63) is 53.3 Å². The molecule has 0 radical (unpaired) electrons. The van der Waals surface area contributed by atoms with Crippen LogP contribution in [0.5, 0.6) is 11.6 Å². The standard InChI is InChI=1S/C25H27N7O4S/c1-15(2)23-28-25(36-30-23)17-7-9-32(10-8-17)21-11-22(27-24(26-21)20-12-33-14-34-20)35-18-5-3-16(4-6-18)19-13-37-31-29-19/h3-6,11,13,15,17,20H,7-10,12,14H2,1-2H3. The molecule has 1 atom stereocenters. The van der Waals surface area contributed by atoms with E-state index >= 15 is 0 Å². The first-order chi connectivity index (χ1) is 18.1. The van der Waals surface area contributed by atoms with Crippen LogP contribution in [0.1, 0.15) is 62.2 Å². The van der Waals surface area contributed by atoms with E-state index in [2.05, 4.69) is 43.5 Å². The lowest BCUT2D eigenvalue weighted by atomic mass is 9.96. The Morgan fingerprint density at radius 3 is 2.59 bits per heavy atom. The van der Waals surface area contributed by atoms with Gasteiger partial charge in [-0.05, 0) is 48.6 Å². The highest BCUT2D eigenvalue weighted by atomic mass is 32.1. The Bertz CT molecular complexity index is 1320. The molecule has 11 nitrogen and oxygen atoms in total. The highest BCUT2D eigenvalue weighted by Gasteiger charge is 2.29. The van der Waals surface area contributed by atoms with Gasteiger partial charge in [0.15, 0.2) is 11.6 Å². The number of hydrogen-bond donors (Lipinski definition) is 0. The summed E-state index contributed by atoms with van der Waals surface area (Å²) in [6.45, 7) is 6.38. The second kappa shape index (κ2) is 10.5. The fraction of sp³-hybridized carbons (Fsp3) is 0.440. The fourth-order valence-corrected chi connectivity index (χ4v) is 4.84. The van der Waals surface area contributed by atoms with Gasteiger partial charge in [-0.15, -0.1) is 5.10 Å². The molecule has 2 saturated heterocycles. The van der Waals surface area contributed by atoms with Crippen molar-refractivity contribution in [1.29, 1.82) is 0 Å². The molecule has 6 rings (SSSR count). The van der Waals surface area contributed by atoms with Crippen molar-refractivity contribution in [2.45, 2.75) is 44.6 Å². The molecular formula is C25H27N7O4S. The van der Waals surface area contributed by atoms with Gasteiger partial charge < -0.3 is 23.6 Å². The molecule has 0 amide bonds. The topological polar surface area (TPSA) is 121 Å². The molecule has 0 saturated carbocycles. The highest BCUT2D eigenvalue weighted by molar-refractivity contribution is 7.03. The Kier molecular flexibility index (Phi) is 6.77. The summed E-state index contributed by atoms with van der Waals surface area (Å²) in [5.74, 6) is 4.45. The first-order valence-corrected chi connectivity index (χ1v) is 13.2. The maximum atomic E-state index is 6.16. The second-order valence-electron chi connectivity index (χ2n) is 9.39. The first-order valence-electron chi connectivity index (χ1n) is 12.3. The summed E-state index contributed by atoms with van der Waals surface area (Å²) in [5.41, 5.74) is 1.82. The lowest BCUT2D eigenvalue weighted by molar-refractivity contribution is 0.0442. The van der Waals surface area contributed by atoms with E-state index < -0.39 is 0 Å². The third-order valence-electron chi connectivity index (χ3n) is 6.49. The van der Waals surface area contributed by atoms with Crippen LogP contribution in [0.25, 0.3) is 11.3 Å². The van der Waals surface area contributed by atoms with Gasteiger partial charge in [-0.2, -0.15) is 9.97 Å². The summed E-state index contributed by atoms with van der Waals surface area (Å²) in [6, 6.07) is 9.58. The molecule has 192 valence electrons. The smallest absolute Gasteiger partial charge is 0.229 e. The van der Waals surface area contributed by atoms with Gasteiger partial charge in [0.05, 0.1) is 6.61 Å². The van der Waals surface area contributed by atoms with Crippen molar-refractivity contribution < 1.29 is 18.7 Å². The minimum atomic E-state index is -0.327. The number of nitrogens with zero attached hydrogens (tertiary/aromatic N) is 7. The largest absolute Gasteiger partial charge is 0.439 e. The Balaban J connectivity index is 1.20. The van der Waals surface area contributed by atoms with Crippen molar-refractivity contribution in [3.8, 4) is 22.9 Å². The monoisotopic (exact) mass is 521 g/mol. The first kappa shape index (κ1) is 23.9. The minimum Gasteiger partial charge on any atom is -0.439 e. The van der Waals surface area contributed by atoms with Crippen molar-refractivity contribution in [1.82, 2.24) is 29.7 Å². The molecule has 2 fully saturated rings. The number of piperidine rings is 1. The van der Waals surface area contributed by atoms with Gasteiger partial charge in [-0.3, -0.25) is 0 Å². The molecule has 5 heterocycles. The third kappa shape index (κ3) is 5.31. The normalized spacial score (nSPS) is 18.6. The van der Waals surface area contributed by atoms with Crippen LogP contribution in [0, 0.1) is 0 Å². The van der Waals surface area contributed by atoms with Gasteiger partial charge in [-0.25, -0.2) is 4.98 Å². The number of hydrogen-bond acceptors (Lipinski definition) is 12. The van der Waals surface area contributed by atoms with Crippen LogP contribution in [0.2, 0.25) is 0 Å². The Morgan fingerprint density at radius 2 is 1.92 bits per heavy atom. The van der Waals surface area contributed by atoms with E-state index in [0.717, 1.165) is 54.7 Å². The van der Waals surface area contributed by atoms with E-state index in [1.165, 1.54) is 11.5 Å². The molecule has 3 aromatic heterocycles. The van der Waals surface area contributed by atoms with Crippen LogP contribution >= 0.6 is 11.5 Å². The minimum absolute atomic E-state index is 0.231. The van der Waals surface area contributed by atoms with E-state index in [1.807, 2.05) is 35.7 Å².